The molecule has 1 N–H and O–H groups in total. The molecule has 10 heteroatoms. The molecular formula is C20H17ClN4O4S. The largest absolute Gasteiger partial charge is 0.377 e. The SMILES string of the molecule is Cc1ccc(N2C(=O)/C(=C\c3cc([N+](=O)[O-])ccc3N(C)C)C(=O)NC2=S)cc1Cl. The number of rotatable bonds is 4. The third-order valence-corrected chi connectivity index (χ3v) is 5.21. The molecule has 8 nitrogen and oxygen atoms in total. The van der Waals surface area contributed by atoms with Crippen LogP contribution in [0.25, 0.3) is 6.08 Å². The summed E-state index contributed by atoms with van der Waals surface area (Å²) in [4.78, 5) is 39.2. The molecule has 1 aliphatic heterocycles. The Labute approximate surface area is 182 Å². The first-order valence-corrected chi connectivity index (χ1v) is 9.52. The predicted molar refractivity (Wildman–Crippen MR) is 120 cm³/mol. The molecule has 2 aromatic rings. The molecule has 3 rings (SSSR count). The Hall–Kier alpha value is -3.30. The van der Waals surface area contributed by atoms with Crippen LogP contribution >= 0.6 is 23.8 Å². The molecule has 154 valence electrons. The molecular weight excluding hydrogens is 428 g/mol. The van der Waals surface area contributed by atoms with Gasteiger partial charge in [-0.3, -0.25) is 29.9 Å². The molecule has 0 bridgehead atoms. The van der Waals surface area contributed by atoms with Gasteiger partial charge in [0, 0.05) is 42.5 Å². The second kappa shape index (κ2) is 8.21. The molecule has 0 saturated carbocycles. The lowest BCUT2D eigenvalue weighted by Gasteiger charge is -2.29. The number of anilines is 2. The Balaban J connectivity index is 2.12. The number of hydrogen-bond donors (Lipinski definition) is 1. The highest BCUT2D eigenvalue weighted by Crippen LogP contribution is 2.30. The number of nitrogens with zero attached hydrogens (tertiary/aromatic N) is 3. The number of aryl methyl sites for hydroxylation is 1. The van der Waals surface area contributed by atoms with Crippen LogP contribution in [0.3, 0.4) is 0 Å². The molecule has 0 radical (unpaired) electrons. The number of halogens is 1. The maximum Gasteiger partial charge on any atom is 0.270 e. The van der Waals surface area contributed by atoms with Gasteiger partial charge in [0.1, 0.15) is 5.57 Å². The number of nitro groups is 1. The van der Waals surface area contributed by atoms with Gasteiger partial charge >= 0.3 is 0 Å². The number of carbonyl (C=O) groups is 2. The Morgan fingerprint density at radius 1 is 1.20 bits per heavy atom. The van der Waals surface area contributed by atoms with Crippen molar-refractivity contribution in [2.24, 2.45) is 0 Å². The van der Waals surface area contributed by atoms with Gasteiger partial charge in [-0.05, 0) is 49.0 Å². The third-order valence-electron chi connectivity index (χ3n) is 4.52. The molecule has 30 heavy (non-hydrogen) atoms. The summed E-state index contributed by atoms with van der Waals surface area (Å²) in [7, 11) is 3.50. The van der Waals surface area contributed by atoms with E-state index >= 15 is 0 Å². The summed E-state index contributed by atoms with van der Waals surface area (Å²) >= 11 is 11.4. The van der Waals surface area contributed by atoms with E-state index in [1.54, 1.807) is 43.3 Å². The number of hydrogen-bond acceptors (Lipinski definition) is 6. The highest BCUT2D eigenvalue weighted by molar-refractivity contribution is 7.80. The maximum absolute atomic E-state index is 13.2. The van der Waals surface area contributed by atoms with E-state index in [0.29, 0.717) is 22.0 Å². The Morgan fingerprint density at radius 2 is 1.90 bits per heavy atom. The van der Waals surface area contributed by atoms with Crippen LogP contribution < -0.4 is 15.1 Å². The van der Waals surface area contributed by atoms with Crippen LogP contribution in [-0.2, 0) is 9.59 Å². The van der Waals surface area contributed by atoms with Crippen molar-refractivity contribution in [2.75, 3.05) is 23.9 Å². The van der Waals surface area contributed by atoms with Crippen LogP contribution in [0.15, 0.2) is 42.0 Å². The molecule has 0 atom stereocenters. The summed E-state index contributed by atoms with van der Waals surface area (Å²) in [6, 6.07) is 9.20. The summed E-state index contributed by atoms with van der Waals surface area (Å²) in [5.74, 6) is -1.34. The summed E-state index contributed by atoms with van der Waals surface area (Å²) in [5, 5.41) is 14.0. The smallest absolute Gasteiger partial charge is 0.270 e. The zero-order valence-corrected chi connectivity index (χ0v) is 17.9. The second-order valence-electron chi connectivity index (χ2n) is 6.79. The fraction of sp³-hybridized carbons (Fsp3) is 0.150. The van der Waals surface area contributed by atoms with Crippen molar-refractivity contribution in [1.29, 1.82) is 0 Å². The van der Waals surface area contributed by atoms with E-state index in [1.165, 1.54) is 23.1 Å². The third kappa shape index (κ3) is 4.03. The second-order valence-corrected chi connectivity index (χ2v) is 7.58. The van der Waals surface area contributed by atoms with Crippen LogP contribution in [0.1, 0.15) is 11.1 Å². The fourth-order valence-electron chi connectivity index (χ4n) is 2.95. The molecule has 1 saturated heterocycles. The van der Waals surface area contributed by atoms with Gasteiger partial charge in [0.15, 0.2) is 5.11 Å². The zero-order chi connectivity index (χ0) is 22.2. The number of nitro benzene ring substituents is 1. The van der Waals surface area contributed by atoms with Crippen molar-refractivity contribution in [3.05, 3.63) is 68.2 Å². The van der Waals surface area contributed by atoms with E-state index in [0.717, 1.165) is 5.56 Å². The number of thiocarbonyl (C=S) groups is 1. The van der Waals surface area contributed by atoms with Crippen molar-refractivity contribution < 1.29 is 14.5 Å². The number of benzene rings is 2. The van der Waals surface area contributed by atoms with Crippen LogP contribution in [0.4, 0.5) is 17.1 Å². The molecule has 0 spiro atoms. The minimum atomic E-state index is -0.685. The molecule has 1 heterocycles. The van der Waals surface area contributed by atoms with Gasteiger partial charge in [-0.2, -0.15) is 0 Å². The number of carbonyl (C=O) groups excluding carboxylic acids is 2. The Kier molecular flexibility index (Phi) is 5.86. The lowest BCUT2D eigenvalue weighted by molar-refractivity contribution is -0.384. The fourth-order valence-corrected chi connectivity index (χ4v) is 3.40. The van der Waals surface area contributed by atoms with Crippen molar-refractivity contribution in [1.82, 2.24) is 5.32 Å². The topological polar surface area (TPSA) is 95.8 Å². The van der Waals surface area contributed by atoms with E-state index in [-0.39, 0.29) is 16.4 Å². The summed E-state index contributed by atoms with van der Waals surface area (Å²) in [6.45, 7) is 1.82. The van der Waals surface area contributed by atoms with Crippen LogP contribution in [0, 0.1) is 17.0 Å². The van der Waals surface area contributed by atoms with Crippen LogP contribution in [-0.4, -0.2) is 35.9 Å². The van der Waals surface area contributed by atoms with Gasteiger partial charge in [0.05, 0.1) is 10.6 Å². The summed E-state index contributed by atoms with van der Waals surface area (Å²) in [6.07, 6.45) is 1.32. The van der Waals surface area contributed by atoms with E-state index in [9.17, 15) is 19.7 Å². The van der Waals surface area contributed by atoms with Gasteiger partial charge in [0.2, 0.25) is 0 Å². The van der Waals surface area contributed by atoms with Crippen molar-refractivity contribution >= 4 is 63.9 Å². The Morgan fingerprint density at radius 3 is 2.50 bits per heavy atom. The normalized spacial score (nSPS) is 15.4. The van der Waals surface area contributed by atoms with E-state index < -0.39 is 16.7 Å². The molecule has 0 aliphatic carbocycles. The summed E-state index contributed by atoms with van der Waals surface area (Å²) < 4.78 is 0. The van der Waals surface area contributed by atoms with Gasteiger partial charge in [-0.1, -0.05) is 17.7 Å². The standard InChI is InChI=1S/C20H17ClN4O4S/c1-11-4-5-13(10-16(11)21)24-19(27)15(18(26)22-20(24)30)9-12-8-14(25(28)29)6-7-17(12)23(2)3/h4-10H,1-3H3,(H,22,26,30)/b15-9-. The van der Waals surface area contributed by atoms with Gasteiger partial charge in [-0.25, -0.2) is 0 Å². The Bertz CT molecular complexity index is 1130. The minimum absolute atomic E-state index is 0.0751. The lowest BCUT2D eigenvalue weighted by Crippen LogP contribution is -2.54. The first-order valence-electron chi connectivity index (χ1n) is 8.73. The first kappa shape index (κ1) is 21.4. The maximum atomic E-state index is 13.2. The molecule has 1 aliphatic rings. The number of non-ortho nitro benzene ring substituents is 1. The summed E-state index contributed by atoms with van der Waals surface area (Å²) in [5.41, 5.74) is 1.81. The minimum Gasteiger partial charge on any atom is -0.377 e. The quantitative estimate of drug-likeness (QED) is 0.255. The molecule has 2 amide bonds. The molecule has 1 fully saturated rings. The number of nitrogens with one attached hydrogen (secondary N) is 1. The van der Waals surface area contributed by atoms with Crippen LogP contribution in [0.5, 0.6) is 0 Å². The molecule has 2 aromatic carbocycles. The molecule has 0 aromatic heterocycles. The molecule has 0 unspecified atom stereocenters. The van der Waals surface area contributed by atoms with E-state index in [4.69, 9.17) is 23.8 Å². The lowest BCUT2D eigenvalue weighted by atomic mass is 10.0. The highest BCUT2D eigenvalue weighted by Gasteiger charge is 2.35. The van der Waals surface area contributed by atoms with Gasteiger partial charge in [0.25, 0.3) is 17.5 Å². The van der Waals surface area contributed by atoms with Crippen molar-refractivity contribution in [3.63, 3.8) is 0 Å². The monoisotopic (exact) mass is 444 g/mol. The van der Waals surface area contributed by atoms with E-state index in [2.05, 4.69) is 5.32 Å². The average molecular weight is 445 g/mol. The predicted octanol–water partition coefficient (Wildman–Crippen LogP) is 3.45. The van der Waals surface area contributed by atoms with E-state index in [1.807, 2.05) is 6.92 Å². The van der Waals surface area contributed by atoms with Gasteiger partial charge < -0.3 is 4.90 Å². The van der Waals surface area contributed by atoms with Crippen molar-refractivity contribution in [3.8, 4) is 0 Å². The number of amides is 2. The van der Waals surface area contributed by atoms with Crippen molar-refractivity contribution in [2.45, 2.75) is 6.92 Å². The zero-order valence-electron chi connectivity index (χ0n) is 16.3. The van der Waals surface area contributed by atoms with Crippen LogP contribution in [0.2, 0.25) is 5.02 Å². The average Bonchev–Trinajstić information content (AvgIpc) is 2.67. The first-order chi connectivity index (χ1) is 14.1. The van der Waals surface area contributed by atoms with Gasteiger partial charge in [-0.15, -0.1) is 0 Å². The highest BCUT2D eigenvalue weighted by atomic mass is 35.5.